The zero-order valence-electron chi connectivity index (χ0n) is 11.1. The van der Waals surface area contributed by atoms with Crippen LogP contribution in [0.1, 0.15) is 38.7 Å². The number of hydrogen-bond donors (Lipinski definition) is 0. The minimum Gasteiger partial charge on any atom is -0.263 e. The molecule has 2 rings (SSSR count). The highest BCUT2D eigenvalue weighted by atomic mass is 35.5. The molecule has 1 heterocycles. The molecule has 1 fully saturated rings. The van der Waals surface area contributed by atoms with Crippen molar-refractivity contribution < 1.29 is 0 Å². The summed E-state index contributed by atoms with van der Waals surface area (Å²) in [6.07, 6.45) is 8.16. The molecule has 0 spiro atoms. The molecule has 1 nitrogen and oxygen atoms in total. The highest BCUT2D eigenvalue weighted by Gasteiger charge is 2.30. The van der Waals surface area contributed by atoms with E-state index in [1.807, 2.05) is 12.3 Å². The summed E-state index contributed by atoms with van der Waals surface area (Å²) in [7, 11) is 0. The van der Waals surface area contributed by atoms with E-state index in [0.29, 0.717) is 11.3 Å². The lowest BCUT2D eigenvalue weighted by molar-refractivity contribution is 0.218. The Bertz CT molecular complexity index is 392. The second-order valence-corrected chi connectivity index (χ2v) is 6.73. The molecule has 3 unspecified atom stereocenters. The second kappa shape index (κ2) is 6.25. The minimum absolute atomic E-state index is 0.296. The van der Waals surface area contributed by atoms with Gasteiger partial charge in [0.2, 0.25) is 0 Å². The molecular weight excluding hydrogens is 265 g/mol. The molecule has 0 aliphatic heterocycles. The fourth-order valence-electron chi connectivity index (χ4n) is 2.93. The van der Waals surface area contributed by atoms with Crippen molar-refractivity contribution in [3.05, 3.63) is 29.0 Å². The van der Waals surface area contributed by atoms with Crippen molar-refractivity contribution >= 4 is 23.2 Å². The third-order valence-corrected chi connectivity index (χ3v) is 5.13. The van der Waals surface area contributed by atoms with Crippen LogP contribution in [0.15, 0.2) is 18.5 Å². The Morgan fingerprint density at radius 1 is 1.39 bits per heavy atom. The Balaban J connectivity index is 2.05. The summed E-state index contributed by atoms with van der Waals surface area (Å²) in [5.41, 5.74) is 1.19. The van der Waals surface area contributed by atoms with Gasteiger partial charge < -0.3 is 0 Å². The Kier molecular flexibility index (Phi) is 4.91. The first kappa shape index (κ1) is 14.1. The molecule has 1 aliphatic rings. The van der Waals surface area contributed by atoms with Crippen LogP contribution in [0.5, 0.6) is 0 Å². The zero-order valence-corrected chi connectivity index (χ0v) is 12.6. The summed E-state index contributed by atoms with van der Waals surface area (Å²) in [6.45, 7) is 4.63. The normalized spacial score (nSPS) is 28.6. The summed E-state index contributed by atoms with van der Waals surface area (Å²) in [4.78, 5) is 4.04. The van der Waals surface area contributed by atoms with Crippen LogP contribution in [0.4, 0.5) is 0 Å². The maximum atomic E-state index is 6.50. The lowest BCUT2D eigenvalue weighted by Gasteiger charge is -2.35. The van der Waals surface area contributed by atoms with Crippen LogP contribution in [-0.2, 0) is 6.42 Å². The maximum Gasteiger partial charge on any atom is 0.0621 e. The predicted octanol–water partition coefficient (Wildman–Crippen LogP) is 4.96. The van der Waals surface area contributed by atoms with E-state index in [0.717, 1.165) is 29.7 Å². The number of hydrogen-bond acceptors (Lipinski definition) is 1. The fourth-order valence-corrected chi connectivity index (χ4v) is 3.45. The molecule has 0 radical (unpaired) electrons. The van der Waals surface area contributed by atoms with Gasteiger partial charge >= 0.3 is 0 Å². The van der Waals surface area contributed by atoms with Crippen LogP contribution in [0.25, 0.3) is 0 Å². The van der Waals surface area contributed by atoms with Gasteiger partial charge in [0.05, 0.1) is 5.02 Å². The van der Waals surface area contributed by atoms with Crippen LogP contribution in [-0.4, -0.2) is 10.4 Å². The van der Waals surface area contributed by atoms with Gasteiger partial charge in [-0.25, -0.2) is 0 Å². The van der Waals surface area contributed by atoms with Crippen molar-refractivity contribution in [2.45, 2.75) is 44.9 Å². The number of halogens is 2. The molecule has 0 N–H and O–H groups in total. The van der Waals surface area contributed by atoms with E-state index in [9.17, 15) is 0 Å². The molecule has 0 bridgehead atoms. The van der Waals surface area contributed by atoms with E-state index in [-0.39, 0.29) is 0 Å². The van der Waals surface area contributed by atoms with E-state index in [1.165, 1.54) is 18.4 Å². The molecule has 0 saturated heterocycles. The quantitative estimate of drug-likeness (QED) is 0.716. The van der Waals surface area contributed by atoms with Crippen LogP contribution >= 0.6 is 23.2 Å². The van der Waals surface area contributed by atoms with Gasteiger partial charge in [-0.05, 0) is 55.1 Å². The van der Waals surface area contributed by atoms with Gasteiger partial charge in [-0.1, -0.05) is 25.4 Å². The number of nitrogens with zero attached hydrogens (tertiary/aromatic N) is 1. The van der Waals surface area contributed by atoms with Crippen molar-refractivity contribution in [3.63, 3.8) is 0 Å². The summed E-state index contributed by atoms with van der Waals surface area (Å²) in [5.74, 6) is 2.11. The summed E-state index contributed by atoms with van der Waals surface area (Å²) in [6, 6.07) is 2.02. The van der Waals surface area contributed by atoms with Crippen molar-refractivity contribution in [2.24, 2.45) is 17.8 Å². The van der Waals surface area contributed by atoms with Crippen molar-refractivity contribution in [1.29, 1.82) is 0 Å². The second-order valence-electron chi connectivity index (χ2n) is 5.76. The van der Waals surface area contributed by atoms with Crippen molar-refractivity contribution in [2.75, 3.05) is 0 Å². The summed E-state index contributed by atoms with van der Waals surface area (Å²) in [5, 5.41) is 1.07. The van der Waals surface area contributed by atoms with Crippen LogP contribution < -0.4 is 0 Å². The lowest BCUT2D eigenvalue weighted by Crippen LogP contribution is -2.29. The number of rotatable bonds is 3. The molecule has 100 valence electrons. The van der Waals surface area contributed by atoms with E-state index in [1.54, 1.807) is 6.20 Å². The fraction of sp³-hybridized carbons (Fsp3) is 0.667. The van der Waals surface area contributed by atoms with Gasteiger partial charge in [-0.15, -0.1) is 11.6 Å². The molecule has 3 atom stereocenters. The van der Waals surface area contributed by atoms with Crippen LogP contribution in [0, 0.1) is 17.8 Å². The number of pyridine rings is 1. The minimum atomic E-state index is 0.296. The van der Waals surface area contributed by atoms with E-state index in [2.05, 4.69) is 18.8 Å². The van der Waals surface area contributed by atoms with Gasteiger partial charge in [0.15, 0.2) is 0 Å². The average Bonchev–Trinajstić information content (AvgIpc) is 2.34. The highest BCUT2D eigenvalue weighted by molar-refractivity contribution is 6.31. The van der Waals surface area contributed by atoms with Gasteiger partial charge in [-0.3, -0.25) is 4.98 Å². The smallest absolute Gasteiger partial charge is 0.0621 e. The topological polar surface area (TPSA) is 12.9 Å². The highest BCUT2D eigenvalue weighted by Crippen LogP contribution is 2.38. The van der Waals surface area contributed by atoms with E-state index >= 15 is 0 Å². The molecule has 1 aromatic rings. The Hall–Kier alpha value is -0.270. The molecular formula is C15H21Cl2N. The van der Waals surface area contributed by atoms with Crippen LogP contribution in [0.3, 0.4) is 0 Å². The van der Waals surface area contributed by atoms with Gasteiger partial charge in [0.25, 0.3) is 0 Å². The largest absolute Gasteiger partial charge is 0.263 e. The number of aromatic nitrogens is 1. The molecule has 1 saturated carbocycles. The first-order valence-corrected chi connectivity index (χ1v) is 7.61. The molecule has 1 aliphatic carbocycles. The third kappa shape index (κ3) is 3.39. The van der Waals surface area contributed by atoms with E-state index < -0.39 is 0 Å². The standard InChI is InChI=1S/C15H21Cl2N/c1-10(2)11-3-4-14(16)13(7-11)8-12-5-6-18-9-15(12)17/h5-6,9-11,13-14H,3-4,7-8H2,1-2H3. The Morgan fingerprint density at radius 2 is 2.17 bits per heavy atom. The maximum absolute atomic E-state index is 6.50. The van der Waals surface area contributed by atoms with Gasteiger partial charge in [0, 0.05) is 17.8 Å². The molecule has 18 heavy (non-hydrogen) atoms. The van der Waals surface area contributed by atoms with Gasteiger partial charge in [0.1, 0.15) is 0 Å². The first-order valence-electron chi connectivity index (χ1n) is 6.80. The Morgan fingerprint density at radius 3 is 2.83 bits per heavy atom. The Labute approximate surface area is 120 Å². The van der Waals surface area contributed by atoms with Crippen molar-refractivity contribution in [1.82, 2.24) is 4.98 Å². The SMILES string of the molecule is CC(C)C1CCC(Cl)C(Cc2ccncc2Cl)C1. The molecule has 0 amide bonds. The zero-order chi connectivity index (χ0) is 13.1. The monoisotopic (exact) mass is 285 g/mol. The first-order chi connectivity index (χ1) is 8.58. The van der Waals surface area contributed by atoms with Gasteiger partial charge in [-0.2, -0.15) is 0 Å². The predicted molar refractivity (Wildman–Crippen MR) is 78.3 cm³/mol. The molecule has 1 aromatic heterocycles. The van der Waals surface area contributed by atoms with Crippen LogP contribution in [0.2, 0.25) is 5.02 Å². The van der Waals surface area contributed by atoms with E-state index in [4.69, 9.17) is 23.2 Å². The van der Waals surface area contributed by atoms with Crippen molar-refractivity contribution in [3.8, 4) is 0 Å². The lowest BCUT2D eigenvalue weighted by atomic mass is 9.74. The summed E-state index contributed by atoms with van der Waals surface area (Å²) >= 11 is 12.7. The third-order valence-electron chi connectivity index (χ3n) is 4.21. The molecule has 0 aromatic carbocycles. The average molecular weight is 286 g/mol. The summed E-state index contributed by atoms with van der Waals surface area (Å²) < 4.78 is 0. The number of alkyl halides is 1. The molecule has 3 heteroatoms.